The Morgan fingerprint density at radius 1 is 0.875 bits per heavy atom. The lowest BCUT2D eigenvalue weighted by atomic mass is 9.99. The van der Waals surface area contributed by atoms with Crippen LogP contribution in [0.4, 0.5) is 0 Å². The van der Waals surface area contributed by atoms with E-state index < -0.39 is 45.3 Å². The molecule has 0 aromatic rings. The molecule has 8 nitrogen and oxygen atoms in total. The smallest absolute Gasteiger partial charge is 0.402 e. The average molecular weight is 232 g/mol. The van der Waals surface area contributed by atoms with Gasteiger partial charge in [0.2, 0.25) is 0 Å². The highest BCUT2D eigenvalue weighted by Crippen LogP contribution is 2.36. The molecule has 0 bridgehead atoms. The van der Waals surface area contributed by atoms with Gasteiger partial charge < -0.3 is 38.5 Å². The minimum absolute atomic E-state index is 0.316. The summed E-state index contributed by atoms with van der Waals surface area (Å²) in [6.45, 7) is -0.316. The molecule has 10 heteroatoms. The summed E-state index contributed by atoms with van der Waals surface area (Å²) < 4.78 is 25.3. The molecule has 0 unspecified atom stereocenters. The zero-order valence-corrected chi connectivity index (χ0v) is 8.13. The lowest BCUT2D eigenvalue weighted by Crippen LogP contribution is -2.54. The van der Waals surface area contributed by atoms with Crippen molar-refractivity contribution in [1.82, 2.24) is 0 Å². The molecule has 0 saturated carbocycles. The van der Waals surface area contributed by atoms with Crippen LogP contribution in [0.1, 0.15) is 0 Å². The van der Waals surface area contributed by atoms with Crippen molar-refractivity contribution in [2.45, 2.75) is 30.7 Å². The highest BCUT2D eigenvalue weighted by atomic mass is 16.8. The summed E-state index contributed by atoms with van der Waals surface area (Å²) in [5.74, 6) is 0. The van der Waals surface area contributed by atoms with Gasteiger partial charge in [0, 0.05) is 0 Å². The van der Waals surface area contributed by atoms with Crippen LogP contribution in [-0.2, 0) is 23.4 Å². The van der Waals surface area contributed by atoms with Crippen molar-refractivity contribution in [3.63, 3.8) is 0 Å². The standard InChI is InChI=1S/C6H10B2O8/c9-1-2-3-4(14-7(10)13-2)5-6(12-3)16-8(11)15-5/h2-6,9-11H,1H2/t2-,3-,4+,5-,6-/m1/s1. The molecule has 3 fully saturated rings. The molecule has 3 N–H and O–H groups in total. The normalized spacial score (nSPS) is 47.1. The fourth-order valence-corrected chi connectivity index (χ4v) is 2.18. The Kier molecular flexibility index (Phi) is 2.68. The molecule has 0 amide bonds. The number of hydrogen-bond acceptors (Lipinski definition) is 8. The first-order valence-corrected chi connectivity index (χ1v) is 4.93. The molecule has 0 aromatic carbocycles. The number of aliphatic hydroxyl groups is 1. The SMILES string of the molecule is OC[C@H]1OB(O)O[C@@H]2[C@H]3OB(O)O[C@H]3O[C@@H]21. The van der Waals surface area contributed by atoms with E-state index in [9.17, 15) is 5.02 Å². The van der Waals surface area contributed by atoms with Crippen molar-refractivity contribution in [1.29, 1.82) is 0 Å². The average Bonchev–Trinajstić information content (AvgIpc) is 2.74. The molecular formula is C6H10B2O8. The van der Waals surface area contributed by atoms with Crippen LogP contribution in [0.15, 0.2) is 0 Å². The summed E-state index contributed by atoms with van der Waals surface area (Å²) in [5.41, 5.74) is 0. The van der Waals surface area contributed by atoms with E-state index in [1.54, 1.807) is 0 Å². The highest BCUT2D eigenvalue weighted by Gasteiger charge is 2.59. The summed E-state index contributed by atoms with van der Waals surface area (Å²) >= 11 is 0. The molecule has 3 saturated heterocycles. The maximum absolute atomic E-state index is 9.27. The molecule has 88 valence electrons. The van der Waals surface area contributed by atoms with Gasteiger partial charge in [-0.1, -0.05) is 0 Å². The van der Waals surface area contributed by atoms with Gasteiger partial charge in [-0.3, -0.25) is 0 Å². The van der Waals surface area contributed by atoms with E-state index in [1.165, 1.54) is 0 Å². The summed E-state index contributed by atoms with van der Waals surface area (Å²) in [4.78, 5) is 0. The Bertz CT molecular complexity index is 279. The van der Waals surface area contributed by atoms with Crippen LogP contribution >= 0.6 is 0 Å². The van der Waals surface area contributed by atoms with Gasteiger partial charge in [-0.15, -0.1) is 0 Å². The molecule has 3 rings (SSSR count). The summed E-state index contributed by atoms with van der Waals surface area (Å²) in [7, 11) is -2.80. The van der Waals surface area contributed by atoms with E-state index in [-0.39, 0.29) is 6.61 Å². The maximum Gasteiger partial charge on any atom is 0.639 e. The van der Waals surface area contributed by atoms with Crippen molar-refractivity contribution in [2.75, 3.05) is 6.61 Å². The first-order valence-electron chi connectivity index (χ1n) is 4.93. The van der Waals surface area contributed by atoms with Crippen LogP contribution in [0.25, 0.3) is 0 Å². The van der Waals surface area contributed by atoms with E-state index in [4.69, 9.17) is 33.5 Å². The van der Waals surface area contributed by atoms with Gasteiger partial charge in [0.1, 0.15) is 18.3 Å². The fourth-order valence-electron chi connectivity index (χ4n) is 2.18. The topological polar surface area (TPSA) is 107 Å². The molecule has 0 spiro atoms. The first-order chi connectivity index (χ1) is 7.69. The van der Waals surface area contributed by atoms with Crippen LogP contribution in [-0.4, -0.2) is 67.1 Å². The first kappa shape index (κ1) is 10.9. The Hall–Kier alpha value is -0.190. The molecular weight excluding hydrogens is 222 g/mol. The number of aliphatic hydroxyl groups excluding tert-OH is 1. The molecule has 0 aliphatic carbocycles. The summed E-state index contributed by atoms with van der Waals surface area (Å²) in [6, 6.07) is 0. The summed E-state index contributed by atoms with van der Waals surface area (Å²) in [6.07, 6.45) is -3.33. The van der Waals surface area contributed by atoms with E-state index in [0.29, 0.717) is 0 Å². The second-order valence-corrected chi connectivity index (χ2v) is 3.78. The van der Waals surface area contributed by atoms with Crippen molar-refractivity contribution >= 4 is 14.6 Å². The zero-order chi connectivity index (χ0) is 11.3. The Morgan fingerprint density at radius 2 is 1.56 bits per heavy atom. The van der Waals surface area contributed by atoms with Gasteiger partial charge in [0.25, 0.3) is 0 Å². The van der Waals surface area contributed by atoms with Crippen molar-refractivity contribution in [3.8, 4) is 0 Å². The third-order valence-corrected chi connectivity index (χ3v) is 2.84. The fraction of sp³-hybridized carbons (Fsp3) is 1.00. The molecule has 0 radical (unpaired) electrons. The largest absolute Gasteiger partial charge is 0.639 e. The number of hydrogen-bond donors (Lipinski definition) is 3. The van der Waals surface area contributed by atoms with Crippen LogP contribution in [0.2, 0.25) is 0 Å². The second-order valence-electron chi connectivity index (χ2n) is 3.78. The van der Waals surface area contributed by atoms with Crippen LogP contribution in [0.3, 0.4) is 0 Å². The van der Waals surface area contributed by atoms with Crippen LogP contribution in [0.5, 0.6) is 0 Å². The van der Waals surface area contributed by atoms with Crippen molar-refractivity contribution < 1.29 is 38.5 Å². The predicted molar refractivity (Wildman–Crippen MR) is 47.4 cm³/mol. The minimum Gasteiger partial charge on any atom is -0.402 e. The second kappa shape index (κ2) is 3.93. The quantitative estimate of drug-likeness (QED) is 0.407. The van der Waals surface area contributed by atoms with Gasteiger partial charge in [-0.25, -0.2) is 0 Å². The van der Waals surface area contributed by atoms with E-state index in [0.717, 1.165) is 0 Å². The Balaban J connectivity index is 1.78. The summed E-state index contributed by atoms with van der Waals surface area (Å²) in [5, 5.41) is 27.4. The lowest BCUT2D eigenvalue weighted by molar-refractivity contribution is -0.151. The van der Waals surface area contributed by atoms with Crippen LogP contribution < -0.4 is 0 Å². The highest BCUT2D eigenvalue weighted by molar-refractivity contribution is 6.36. The maximum atomic E-state index is 9.27. The molecule has 0 aromatic heterocycles. The predicted octanol–water partition coefficient (Wildman–Crippen LogP) is -3.14. The van der Waals surface area contributed by atoms with Crippen molar-refractivity contribution in [2.24, 2.45) is 0 Å². The molecule has 3 aliphatic rings. The molecule has 16 heavy (non-hydrogen) atoms. The van der Waals surface area contributed by atoms with Crippen molar-refractivity contribution in [3.05, 3.63) is 0 Å². The van der Waals surface area contributed by atoms with E-state index in [1.807, 2.05) is 0 Å². The van der Waals surface area contributed by atoms with Gasteiger partial charge >= 0.3 is 14.6 Å². The number of rotatable bonds is 1. The van der Waals surface area contributed by atoms with Gasteiger partial charge in [0.15, 0.2) is 6.29 Å². The van der Waals surface area contributed by atoms with Gasteiger partial charge in [-0.05, 0) is 0 Å². The van der Waals surface area contributed by atoms with E-state index in [2.05, 4.69) is 0 Å². The molecule has 3 aliphatic heterocycles. The lowest BCUT2D eigenvalue weighted by Gasteiger charge is -2.34. The third-order valence-electron chi connectivity index (χ3n) is 2.84. The van der Waals surface area contributed by atoms with E-state index >= 15 is 0 Å². The van der Waals surface area contributed by atoms with Gasteiger partial charge in [0.05, 0.1) is 12.7 Å². The van der Waals surface area contributed by atoms with Gasteiger partial charge in [-0.2, -0.15) is 0 Å². The van der Waals surface area contributed by atoms with Crippen LogP contribution in [0, 0.1) is 0 Å². The zero-order valence-electron chi connectivity index (χ0n) is 8.13. The monoisotopic (exact) mass is 232 g/mol. The number of ether oxygens (including phenoxy) is 1. The Morgan fingerprint density at radius 3 is 2.31 bits per heavy atom. The number of fused-ring (bicyclic) bond motifs is 3. The minimum atomic E-state index is -1.44. The third kappa shape index (κ3) is 1.59. The Labute approximate surface area is 91.4 Å². The molecule has 5 atom stereocenters. The molecule has 3 heterocycles.